The van der Waals surface area contributed by atoms with Gasteiger partial charge in [-0.3, -0.25) is 5.10 Å². The van der Waals surface area contributed by atoms with E-state index in [0.717, 1.165) is 13.1 Å². The molecule has 0 spiro atoms. The Balaban J connectivity index is 0.00000133. The fourth-order valence-electron chi connectivity index (χ4n) is 3.06. The van der Waals surface area contributed by atoms with E-state index in [0.29, 0.717) is 41.2 Å². The molecule has 3 heterocycles. The molecular weight excluding hydrogens is 288 g/mol. The first-order chi connectivity index (χ1) is 8.50. The number of halogens is 1. The summed E-state index contributed by atoms with van der Waals surface area (Å²) < 4.78 is 26.8. The highest BCUT2D eigenvalue weighted by atomic mass is 35.5. The summed E-state index contributed by atoms with van der Waals surface area (Å²) in [4.78, 5) is 0.357. The monoisotopic (exact) mass is 306 g/mol. The van der Waals surface area contributed by atoms with Gasteiger partial charge in [0.25, 0.3) is 0 Å². The molecule has 0 bridgehead atoms. The number of hydrogen-bond donors (Lipinski definition) is 2. The van der Waals surface area contributed by atoms with Crippen LogP contribution in [0.5, 0.6) is 0 Å². The van der Waals surface area contributed by atoms with Crippen molar-refractivity contribution in [3.05, 3.63) is 11.4 Å². The van der Waals surface area contributed by atoms with E-state index in [1.54, 1.807) is 18.2 Å². The Hall–Kier alpha value is -0.630. The molecule has 2 aliphatic heterocycles. The Kier molecular flexibility index (Phi) is 3.92. The van der Waals surface area contributed by atoms with Gasteiger partial charge in [0.15, 0.2) is 0 Å². The highest BCUT2D eigenvalue weighted by molar-refractivity contribution is 7.89. The van der Waals surface area contributed by atoms with Crippen molar-refractivity contribution >= 4 is 22.4 Å². The number of aromatic amines is 1. The van der Waals surface area contributed by atoms with Gasteiger partial charge in [0.1, 0.15) is 4.90 Å². The average molecular weight is 307 g/mol. The van der Waals surface area contributed by atoms with Gasteiger partial charge in [0.05, 0.1) is 11.4 Å². The molecule has 0 aromatic carbocycles. The maximum Gasteiger partial charge on any atom is 0.246 e. The Bertz CT molecular complexity index is 540. The van der Waals surface area contributed by atoms with Crippen molar-refractivity contribution < 1.29 is 8.42 Å². The van der Waals surface area contributed by atoms with E-state index in [9.17, 15) is 8.42 Å². The molecule has 2 saturated heterocycles. The van der Waals surface area contributed by atoms with Crippen LogP contribution in [-0.4, -0.2) is 49.1 Å². The second kappa shape index (κ2) is 5.05. The number of nitrogens with one attached hydrogen (secondary N) is 2. The second-order valence-electron chi connectivity index (χ2n) is 5.26. The largest absolute Gasteiger partial charge is 0.316 e. The summed E-state index contributed by atoms with van der Waals surface area (Å²) in [6.45, 7) is 6.61. The van der Waals surface area contributed by atoms with Gasteiger partial charge in [0.2, 0.25) is 10.0 Å². The van der Waals surface area contributed by atoms with Crippen LogP contribution in [0.4, 0.5) is 0 Å². The summed E-state index contributed by atoms with van der Waals surface area (Å²) in [6, 6.07) is 0. The zero-order valence-electron chi connectivity index (χ0n) is 11.0. The number of aryl methyl sites for hydroxylation is 2. The molecule has 0 unspecified atom stereocenters. The Morgan fingerprint density at radius 3 is 2.26 bits per heavy atom. The number of fused-ring (bicyclic) bond motifs is 1. The summed E-state index contributed by atoms with van der Waals surface area (Å²) >= 11 is 0. The van der Waals surface area contributed by atoms with Crippen LogP contribution in [0.2, 0.25) is 0 Å². The predicted octanol–water partition coefficient (Wildman–Crippen LogP) is 0.288. The Labute approximate surface area is 119 Å². The van der Waals surface area contributed by atoms with Crippen molar-refractivity contribution in [2.45, 2.75) is 18.7 Å². The minimum Gasteiger partial charge on any atom is -0.316 e. The molecule has 2 fully saturated rings. The maximum atomic E-state index is 12.6. The molecule has 3 rings (SSSR count). The van der Waals surface area contributed by atoms with Crippen molar-refractivity contribution in [3.63, 3.8) is 0 Å². The molecule has 0 saturated carbocycles. The molecule has 1 aromatic rings. The second-order valence-corrected chi connectivity index (χ2v) is 7.14. The zero-order valence-corrected chi connectivity index (χ0v) is 12.6. The number of rotatable bonds is 2. The van der Waals surface area contributed by atoms with Crippen LogP contribution in [0.25, 0.3) is 0 Å². The molecule has 108 valence electrons. The maximum absolute atomic E-state index is 12.6. The van der Waals surface area contributed by atoms with E-state index in [1.165, 1.54) is 0 Å². The van der Waals surface area contributed by atoms with Crippen LogP contribution in [0.3, 0.4) is 0 Å². The fourth-order valence-corrected chi connectivity index (χ4v) is 4.94. The lowest BCUT2D eigenvalue weighted by Gasteiger charge is -2.17. The summed E-state index contributed by atoms with van der Waals surface area (Å²) in [5.74, 6) is 0.930. The van der Waals surface area contributed by atoms with Crippen LogP contribution in [0.1, 0.15) is 11.4 Å². The lowest BCUT2D eigenvalue weighted by molar-refractivity contribution is 0.447. The summed E-state index contributed by atoms with van der Waals surface area (Å²) in [5, 5.41) is 10.0. The van der Waals surface area contributed by atoms with Gasteiger partial charge in [0, 0.05) is 13.1 Å². The van der Waals surface area contributed by atoms with Gasteiger partial charge in [-0.2, -0.15) is 9.40 Å². The molecule has 1 aromatic heterocycles. The van der Waals surface area contributed by atoms with Crippen molar-refractivity contribution in [1.82, 2.24) is 19.8 Å². The number of hydrogen-bond acceptors (Lipinski definition) is 4. The zero-order chi connectivity index (χ0) is 12.9. The quantitative estimate of drug-likeness (QED) is 0.823. The van der Waals surface area contributed by atoms with E-state index in [2.05, 4.69) is 15.5 Å². The summed E-state index contributed by atoms with van der Waals surface area (Å²) in [7, 11) is -3.39. The van der Waals surface area contributed by atoms with Gasteiger partial charge < -0.3 is 5.32 Å². The van der Waals surface area contributed by atoms with Crippen molar-refractivity contribution in [2.24, 2.45) is 11.8 Å². The molecule has 6 nitrogen and oxygen atoms in total. The first-order valence-corrected chi connectivity index (χ1v) is 7.66. The third kappa shape index (κ3) is 2.29. The molecular formula is C11H19ClN4O2S. The van der Waals surface area contributed by atoms with Crippen LogP contribution in [0.15, 0.2) is 4.90 Å². The van der Waals surface area contributed by atoms with Gasteiger partial charge in [-0.1, -0.05) is 0 Å². The SMILES string of the molecule is Cc1n[nH]c(C)c1S(=O)(=O)N1C[C@H]2CNC[C@H]2C1.Cl. The van der Waals surface area contributed by atoms with Gasteiger partial charge in [-0.05, 0) is 38.8 Å². The van der Waals surface area contributed by atoms with Crippen LogP contribution >= 0.6 is 12.4 Å². The van der Waals surface area contributed by atoms with E-state index < -0.39 is 10.0 Å². The summed E-state index contributed by atoms with van der Waals surface area (Å²) in [6.07, 6.45) is 0. The van der Waals surface area contributed by atoms with Gasteiger partial charge in [-0.15, -0.1) is 12.4 Å². The third-order valence-electron chi connectivity index (χ3n) is 4.01. The number of sulfonamides is 1. The minimum absolute atomic E-state index is 0. The Morgan fingerprint density at radius 2 is 1.79 bits per heavy atom. The first-order valence-electron chi connectivity index (χ1n) is 6.22. The molecule has 19 heavy (non-hydrogen) atoms. The molecule has 2 N–H and O–H groups in total. The first kappa shape index (κ1) is 14.8. The van der Waals surface area contributed by atoms with Crippen LogP contribution in [-0.2, 0) is 10.0 Å². The van der Waals surface area contributed by atoms with E-state index in [4.69, 9.17) is 0 Å². The third-order valence-corrected chi connectivity index (χ3v) is 6.11. The molecule has 0 aliphatic carbocycles. The highest BCUT2D eigenvalue weighted by Gasteiger charge is 2.42. The standard InChI is InChI=1S/C11H18N4O2S.ClH/c1-7-11(8(2)14-13-7)18(16,17)15-5-9-3-12-4-10(9)6-15;/h9-10,12H,3-6H2,1-2H3,(H,13,14);1H/t9-,10+;. The van der Waals surface area contributed by atoms with Gasteiger partial charge in [-0.25, -0.2) is 8.42 Å². The number of aromatic nitrogens is 2. The van der Waals surface area contributed by atoms with Gasteiger partial charge >= 0.3 is 0 Å². The van der Waals surface area contributed by atoms with Crippen LogP contribution in [0, 0.1) is 25.7 Å². The number of H-pyrrole nitrogens is 1. The van der Waals surface area contributed by atoms with E-state index in [1.807, 2.05) is 0 Å². The van der Waals surface area contributed by atoms with Crippen molar-refractivity contribution in [2.75, 3.05) is 26.2 Å². The lowest BCUT2D eigenvalue weighted by atomic mass is 10.0. The lowest BCUT2D eigenvalue weighted by Crippen LogP contribution is -2.32. The van der Waals surface area contributed by atoms with E-state index >= 15 is 0 Å². The molecule has 2 atom stereocenters. The number of nitrogens with zero attached hydrogens (tertiary/aromatic N) is 2. The molecule has 8 heteroatoms. The van der Waals surface area contributed by atoms with Crippen LogP contribution < -0.4 is 5.32 Å². The average Bonchev–Trinajstić information content (AvgIpc) is 2.91. The summed E-state index contributed by atoms with van der Waals surface area (Å²) in [5.41, 5.74) is 1.19. The van der Waals surface area contributed by atoms with E-state index in [-0.39, 0.29) is 12.4 Å². The molecule has 0 amide bonds. The molecule has 0 radical (unpaired) electrons. The van der Waals surface area contributed by atoms with Crippen molar-refractivity contribution in [3.8, 4) is 0 Å². The Morgan fingerprint density at radius 1 is 1.21 bits per heavy atom. The topological polar surface area (TPSA) is 78.1 Å². The minimum atomic E-state index is -3.39. The van der Waals surface area contributed by atoms with Crippen molar-refractivity contribution in [1.29, 1.82) is 0 Å². The predicted molar refractivity (Wildman–Crippen MR) is 73.9 cm³/mol. The molecule has 2 aliphatic rings. The smallest absolute Gasteiger partial charge is 0.246 e. The normalized spacial score (nSPS) is 27.3. The highest BCUT2D eigenvalue weighted by Crippen LogP contribution is 2.32. The fraction of sp³-hybridized carbons (Fsp3) is 0.727.